The van der Waals surface area contributed by atoms with E-state index in [4.69, 9.17) is 9.47 Å². The quantitative estimate of drug-likeness (QED) is 0.798. The van der Waals surface area contributed by atoms with Gasteiger partial charge in [-0.05, 0) is 38.5 Å². The summed E-state index contributed by atoms with van der Waals surface area (Å²) < 4.78 is 11.5. The molecular formula is C15H19BrN2O4. The lowest BCUT2D eigenvalue weighted by atomic mass is 10.1. The summed E-state index contributed by atoms with van der Waals surface area (Å²) in [5, 5.41) is 5.37. The zero-order chi connectivity index (χ0) is 16.3. The summed E-state index contributed by atoms with van der Waals surface area (Å²) in [6.45, 7) is 6.53. The summed E-state index contributed by atoms with van der Waals surface area (Å²) in [5.41, 5.74) is 1.03. The first-order valence-corrected chi connectivity index (χ1v) is 7.76. The van der Waals surface area contributed by atoms with Crippen molar-refractivity contribution in [2.45, 2.75) is 32.9 Å². The summed E-state index contributed by atoms with van der Waals surface area (Å²) in [4.78, 5) is 23.1. The van der Waals surface area contributed by atoms with Crippen LogP contribution >= 0.6 is 15.9 Å². The largest absolute Gasteiger partial charge is 0.492 e. The third-order valence-corrected chi connectivity index (χ3v) is 3.59. The van der Waals surface area contributed by atoms with Gasteiger partial charge in [-0.15, -0.1) is 0 Å². The number of halogens is 1. The highest BCUT2D eigenvalue weighted by atomic mass is 79.9. The highest BCUT2D eigenvalue weighted by Crippen LogP contribution is 2.30. The van der Waals surface area contributed by atoms with Gasteiger partial charge in [0, 0.05) is 16.6 Å². The second-order valence-electron chi connectivity index (χ2n) is 5.89. The van der Waals surface area contributed by atoms with Gasteiger partial charge in [0.25, 0.3) is 5.91 Å². The van der Waals surface area contributed by atoms with E-state index in [2.05, 4.69) is 26.6 Å². The van der Waals surface area contributed by atoms with E-state index >= 15 is 0 Å². The van der Waals surface area contributed by atoms with Gasteiger partial charge in [-0.3, -0.25) is 4.79 Å². The van der Waals surface area contributed by atoms with Crippen LogP contribution in [0.1, 0.15) is 36.7 Å². The van der Waals surface area contributed by atoms with Crippen LogP contribution in [-0.2, 0) is 11.3 Å². The van der Waals surface area contributed by atoms with E-state index in [1.54, 1.807) is 26.8 Å². The van der Waals surface area contributed by atoms with Crippen molar-refractivity contribution in [3.63, 3.8) is 0 Å². The lowest BCUT2D eigenvalue weighted by molar-refractivity contribution is 0.0520. The molecule has 0 saturated heterocycles. The number of fused-ring (bicyclic) bond motifs is 1. The predicted octanol–water partition coefficient (Wildman–Crippen LogP) is 2.60. The molecule has 2 N–H and O–H groups in total. The maximum Gasteiger partial charge on any atom is 0.407 e. The predicted molar refractivity (Wildman–Crippen MR) is 85.0 cm³/mol. The van der Waals surface area contributed by atoms with Crippen molar-refractivity contribution < 1.29 is 19.1 Å². The Morgan fingerprint density at radius 1 is 1.41 bits per heavy atom. The minimum atomic E-state index is -0.525. The van der Waals surface area contributed by atoms with Gasteiger partial charge in [-0.2, -0.15) is 0 Å². The van der Waals surface area contributed by atoms with Crippen LogP contribution in [0.3, 0.4) is 0 Å². The third kappa shape index (κ3) is 4.37. The molecule has 0 unspecified atom stereocenters. The number of alkyl carbamates (subject to hydrolysis) is 1. The molecule has 7 heteroatoms. The minimum Gasteiger partial charge on any atom is -0.492 e. The number of carbonyl (C=O) groups is 2. The van der Waals surface area contributed by atoms with Gasteiger partial charge in [0.1, 0.15) is 18.0 Å². The molecule has 1 aliphatic heterocycles. The number of ether oxygens (including phenoxy) is 2. The first kappa shape index (κ1) is 16.6. The molecule has 120 valence electrons. The first-order valence-electron chi connectivity index (χ1n) is 6.96. The van der Waals surface area contributed by atoms with Crippen molar-refractivity contribution in [1.29, 1.82) is 0 Å². The fourth-order valence-corrected chi connectivity index (χ4v) is 2.56. The molecule has 0 radical (unpaired) electrons. The number of carbonyl (C=O) groups excluding carboxylic acids is 2. The number of rotatable bonds is 4. The highest BCUT2D eigenvalue weighted by Gasteiger charge is 2.22. The smallest absolute Gasteiger partial charge is 0.407 e. The Morgan fingerprint density at radius 3 is 2.82 bits per heavy atom. The van der Waals surface area contributed by atoms with E-state index in [-0.39, 0.29) is 12.5 Å². The van der Waals surface area contributed by atoms with Crippen molar-refractivity contribution in [3.8, 4) is 5.75 Å². The molecule has 0 aliphatic carbocycles. The standard InChI is InChI=1S/C15H19BrN2O4/c1-15(2,3)22-14(20)17-4-5-21-9-6-10-11(12(16)7-9)8-18-13(10)19/h6-7H,4-5,8H2,1-3H3,(H,17,20)(H,18,19). The Labute approximate surface area is 137 Å². The molecule has 0 bridgehead atoms. The topological polar surface area (TPSA) is 76.7 Å². The molecule has 0 saturated carbocycles. The first-order chi connectivity index (χ1) is 10.3. The van der Waals surface area contributed by atoms with E-state index in [1.165, 1.54) is 0 Å². The molecule has 22 heavy (non-hydrogen) atoms. The number of hydrogen-bond donors (Lipinski definition) is 2. The average Bonchev–Trinajstić information content (AvgIpc) is 2.75. The van der Waals surface area contributed by atoms with Gasteiger partial charge in [0.2, 0.25) is 0 Å². The van der Waals surface area contributed by atoms with Crippen LogP contribution in [0, 0.1) is 0 Å². The van der Waals surface area contributed by atoms with Crippen LogP contribution in [0.4, 0.5) is 4.79 Å². The van der Waals surface area contributed by atoms with Gasteiger partial charge in [0.05, 0.1) is 6.54 Å². The average molecular weight is 371 g/mol. The van der Waals surface area contributed by atoms with E-state index < -0.39 is 11.7 Å². The fraction of sp³-hybridized carbons (Fsp3) is 0.467. The molecule has 1 aromatic carbocycles. The molecule has 0 atom stereocenters. The third-order valence-electron chi connectivity index (χ3n) is 2.88. The minimum absolute atomic E-state index is 0.104. The summed E-state index contributed by atoms with van der Waals surface area (Å²) in [6, 6.07) is 3.52. The highest BCUT2D eigenvalue weighted by molar-refractivity contribution is 9.10. The number of hydrogen-bond acceptors (Lipinski definition) is 4. The lowest BCUT2D eigenvalue weighted by Gasteiger charge is -2.19. The molecule has 2 rings (SSSR count). The number of benzene rings is 1. The van der Waals surface area contributed by atoms with Gasteiger partial charge in [-0.25, -0.2) is 4.79 Å². The van der Waals surface area contributed by atoms with E-state index in [0.717, 1.165) is 10.0 Å². The summed E-state index contributed by atoms with van der Waals surface area (Å²) in [7, 11) is 0. The van der Waals surface area contributed by atoms with Crippen LogP contribution in [0.5, 0.6) is 5.75 Å². The Bertz CT molecular complexity index is 596. The van der Waals surface area contributed by atoms with Crippen LogP contribution in [0.2, 0.25) is 0 Å². The number of nitrogens with one attached hydrogen (secondary N) is 2. The Balaban J connectivity index is 1.83. The van der Waals surface area contributed by atoms with E-state index in [1.807, 2.05) is 6.07 Å². The van der Waals surface area contributed by atoms with Crippen LogP contribution in [-0.4, -0.2) is 30.8 Å². The van der Waals surface area contributed by atoms with Crippen LogP contribution in [0.25, 0.3) is 0 Å². The van der Waals surface area contributed by atoms with Gasteiger partial charge < -0.3 is 20.1 Å². The second kappa shape index (κ2) is 6.56. The Kier molecular flexibility index (Phi) is 4.95. The van der Waals surface area contributed by atoms with E-state index in [9.17, 15) is 9.59 Å². The molecule has 1 heterocycles. The number of amides is 2. The van der Waals surface area contributed by atoms with Crippen molar-refractivity contribution in [2.24, 2.45) is 0 Å². The van der Waals surface area contributed by atoms with Crippen molar-refractivity contribution in [3.05, 3.63) is 27.7 Å². The van der Waals surface area contributed by atoms with E-state index in [0.29, 0.717) is 24.4 Å². The van der Waals surface area contributed by atoms with Gasteiger partial charge in [-0.1, -0.05) is 15.9 Å². The normalized spacial score (nSPS) is 13.4. The molecule has 0 fully saturated rings. The maximum atomic E-state index is 11.7. The molecule has 2 amide bonds. The molecule has 1 aromatic rings. The van der Waals surface area contributed by atoms with Crippen LogP contribution in [0.15, 0.2) is 16.6 Å². The van der Waals surface area contributed by atoms with Crippen molar-refractivity contribution in [2.75, 3.05) is 13.2 Å². The van der Waals surface area contributed by atoms with Crippen LogP contribution < -0.4 is 15.4 Å². The van der Waals surface area contributed by atoms with Gasteiger partial charge in [0.15, 0.2) is 0 Å². The Hall–Kier alpha value is -1.76. The summed E-state index contributed by atoms with van der Waals surface area (Å²) >= 11 is 3.43. The maximum absolute atomic E-state index is 11.7. The molecule has 6 nitrogen and oxygen atoms in total. The monoisotopic (exact) mass is 370 g/mol. The second-order valence-corrected chi connectivity index (χ2v) is 6.75. The molecule has 1 aliphatic rings. The van der Waals surface area contributed by atoms with Gasteiger partial charge >= 0.3 is 6.09 Å². The van der Waals surface area contributed by atoms with Crippen molar-refractivity contribution >= 4 is 27.9 Å². The summed E-state index contributed by atoms with van der Waals surface area (Å²) in [6.07, 6.45) is -0.481. The zero-order valence-corrected chi connectivity index (χ0v) is 14.4. The Morgan fingerprint density at radius 2 is 2.14 bits per heavy atom. The molecular weight excluding hydrogens is 352 g/mol. The zero-order valence-electron chi connectivity index (χ0n) is 12.8. The summed E-state index contributed by atoms with van der Waals surface area (Å²) in [5.74, 6) is 0.474. The van der Waals surface area contributed by atoms with Crippen molar-refractivity contribution in [1.82, 2.24) is 10.6 Å². The SMILES string of the molecule is CC(C)(C)OC(=O)NCCOc1cc(Br)c2c(c1)C(=O)NC2. The lowest BCUT2D eigenvalue weighted by Crippen LogP contribution is -2.34. The fourth-order valence-electron chi connectivity index (χ4n) is 1.98. The molecule has 0 aromatic heterocycles. The molecule has 0 spiro atoms.